The van der Waals surface area contributed by atoms with Gasteiger partial charge in [-0.2, -0.15) is 0 Å². The molecule has 1 aliphatic carbocycles. The lowest BCUT2D eigenvalue weighted by Gasteiger charge is -2.25. The molecule has 1 aromatic rings. The van der Waals surface area contributed by atoms with Crippen LogP contribution in [0.2, 0.25) is 0 Å². The van der Waals surface area contributed by atoms with E-state index in [0.29, 0.717) is 50.0 Å². The molecule has 0 bridgehead atoms. The number of nitrogens with one attached hydrogen (secondary N) is 1. The molecule has 7 nitrogen and oxygen atoms in total. The minimum atomic E-state index is -1.98. The smallest absolute Gasteiger partial charge is 0.253 e. The highest BCUT2D eigenvalue weighted by Gasteiger charge is 2.40. The van der Waals surface area contributed by atoms with Gasteiger partial charge < -0.3 is 9.47 Å². The van der Waals surface area contributed by atoms with E-state index in [4.69, 9.17) is 9.47 Å². The van der Waals surface area contributed by atoms with Crippen molar-refractivity contribution in [3.8, 4) is 5.75 Å². The van der Waals surface area contributed by atoms with E-state index in [9.17, 15) is 13.5 Å². The van der Waals surface area contributed by atoms with Crippen LogP contribution in [-0.2, 0) is 38.3 Å². The van der Waals surface area contributed by atoms with Crippen molar-refractivity contribution in [2.75, 3.05) is 24.1 Å². The van der Waals surface area contributed by atoms with Crippen LogP contribution < -0.4 is 14.0 Å². The number of aryl methyl sites for hydroxylation is 1. The molecule has 2 fully saturated rings. The van der Waals surface area contributed by atoms with E-state index in [2.05, 4.69) is 9.66 Å². The van der Waals surface area contributed by atoms with Crippen LogP contribution >= 0.6 is 0 Å². The van der Waals surface area contributed by atoms with Gasteiger partial charge in [0.05, 0.1) is 13.2 Å². The molecule has 0 radical (unpaired) electrons. The molecule has 2 heterocycles. The van der Waals surface area contributed by atoms with Gasteiger partial charge in [0.25, 0.3) is 5.91 Å². The third-order valence-electron chi connectivity index (χ3n) is 4.76. The Bertz CT molecular complexity index is 754. The number of ether oxygens (including phenoxy) is 2. The number of halogens is 2. The molecule has 1 spiro atoms. The number of benzene rings is 1. The second-order valence-corrected chi connectivity index (χ2v) is 7.31. The van der Waals surface area contributed by atoms with Crippen LogP contribution in [-0.4, -0.2) is 35.7 Å². The van der Waals surface area contributed by atoms with E-state index in [1.165, 1.54) is 6.07 Å². The van der Waals surface area contributed by atoms with Crippen molar-refractivity contribution in [2.45, 2.75) is 31.5 Å². The molecule has 1 N–H and O–H groups in total. The molecule has 2 saturated heterocycles. The molecule has 136 valence electrons. The number of fused-ring (bicyclic) bond motifs is 1. The zero-order valence-corrected chi connectivity index (χ0v) is 14.0. The number of carbonyl (C=O) groups is 1. The lowest BCUT2D eigenvalue weighted by atomic mass is 10.0. The van der Waals surface area contributed by atoms with Crippen molar-refractivity contribution in [1.82, 2.24) is 4.72 Å². The van der Waals surface area contributed by atoms with Gasteiger partial charge in [-0.05, 0) is 30.0 Å². The molecule has 10 heteroatoms. The highest BCUT2D eigenvalue weighted by atomic mass is 32.2. The predicted octanol–water partition coefficient (Wildman–Crippen LogP) is 1.23. The average molecular weight is 374 g/mol. The number of hydrogen-bond acceptors (Lipinski definition) is 5. The third-order valence-corrected chi connectivity index (χ3v) is 5.88. The maximum atomic E-state index is 15.2. The Balaban J connectivity index is 1.75. The number of nitrogens with zero attached hydrogens (tertiary/aromatic N) is 1. The first kappa shape index (κ1) is 16.7. The zero-order valence-electron chi connectivity index (χ0n) is 13.2. The summed E-state index contributed by atoms with van der Waals surface area (Å²) in [6.07, 6.45) is 1.75. The zero-order chi connectivity index (χ0) is 17.6. The van der Waals surface area contributed by atoms with Crippen LogP contribution in [0.25, 0.3) is 0 Å². The number of amides is 1. The van der Waals surface area contributed by atoms with Gasteiger partial charge in [0, 0.05) is 17.4 Å². The monoisotopic (exact) mass is 374 g/mol. The van der Waals surface area contributed by atoms with Gasteiger partial charge in [-0.15, -0.1) is 0 Å². The second-order valence-electron chi connectivity index (χ2n) is 6.17. The number of carbonyl (C=O) groups excluding carboxylic acids is 1. The summed E-state index contributed by atoms with van der Waals surface area (Å²) >= 11 is -1.98. The summed E-state index contributed by atoms with van der Waals surface area (Å²) in [6.45, 7) is 0.641. The van der Waals surface area contributed by atoms with E-state index < -0.39 is 34.4 Å². The number of rotatable bonds is 2. The summed E-state index contributed by atoms with van der Waals surface area (Å²) < 4.78 is 54.7. The van der Waals surface area contributed by atoms with Gasteiger partial charge in [-0.1, -0.05) is 0 Å². The first-order valence-corrected chi connectivity index (χ1v) is 9.03. The summed E-state index contributed by atoms with van der Waals surface area (Å²) in [7, 11) is 0. The lowest BCUT2D eigenvalue weighted by molar-refractivity contribution is -0.164. The predicted molar refractivity (Wildman–Crippen MR) is 83.0 cm³/mol. The molecule has 0 saturated carbocycles. The van der Waals surface area contributed by atoms with Crippen LogP contribution in [0.15, 0.2) is 6.07 Å². The molecule has 2 aliphatic heterocycles. The minimum absolute atomic E-state index is 0.317. The Kier molecular flexibility index (Phi) is 4.13. The van der Waals surface area contributed by atoms with Gasteiger partial charge in [-0.25, -0.2) is 8.60 Å². The van der Waals surface area contributed by atoms with E-state index >= 15 is 4.39 Å². The number of hydrogen-bond donors (Lipinski definition) is 1. The maximum absolute atomic E-state index is 15.2. The van der Waals surface area contributed by atoms with E-state index in [1.807, 2.05) is 0 Å². The van der Waals surface area contributed by atoms with Crippen molar-refractivity contribution >= 4 is 22.8 Å². The molecule has 1 aromatic carbocycles. The summed E-state index contributed by atoms with van der Waals surface area (Å²) in [6, 6.07) is 1.39. The van der Waals surface area contributed by atoms with E-state index in [1.54, 1.807) is 0 Å². The summed E-state index contributed by atoms with van der Waals surface area (Å²) in [5, 5.41) is 0. The fraction of sp³-hybridized carbons (Fsp3) is 0.533. The second kappa shape index (κ2) is 6.19. The van der Waals surface area contributed by atoms with E-state index in [0.717, 1.165) is 4.31 Å². The van der Waals surface area contributed by atoms with E-state index in [-0.39, 0.29) is 12.2 Å². The summed E-state index contributed by atoms with van der Waals surface area (Å²) in [5.74, 6) is -2.41. The van der Waals surface area contributed by atoms with Crippen LogP contribution in [0.4, 0.5) is 14.6 Å². The Hall–Kier alpha value is -1.78. The summed E-state index contributed by atoms with van der Waals surface area (Å²) in [5.41, 5.74) is 0.652. The lowest BCUT2D eigenvalue weighted by Crippen LogP contribution is -2.30. The third kappa shape index (κ3) is 2.77. The molecule has 1 amide bonds. The Morgan fingerprint density at radius 2 is 2.00 bits per heavy atom. The van der Waals surface area contributed by atoms with Crippen LogP contribution in [0.1, 0.15) is 24.0 Å². The minimum Gasteiger partial charge on any atom is -0.348 e. The fourth-order valence-corrected chi connectivity index (χ4v) is 4.52. The fourth-order valence-electron chi connectivity index (χ4n) is 3.58. The van der Waals surface area contributed by atoms with Crippen molar-refractivity contribution in [3.63, 3.8) is 0 Å². The van der Waals surface area contributed by atoms with Gasteiger partial charge in [-0.3, -0.25) is 18.8 Å². The van der Waals surface area contributed by atoms with Crippen LogP contribution in [0, 0.1) is 5.82 Å². The van der Waals surface area contributed by atoms with Gasteiger partial charge in [0.15, 0.2) is 17.4 Å². The molecule has 1 atom stereocenters. The average Bonchev–Trinajstić information content (AvgIpc) is 3.12. The number of anilines is 1. The summed E-state index contributed by atoms with van der Waals surface area (Å²) in [4.78, 5) is 15.3. The SMILES string of the molecule is O=C1CN(c2c(OF)cc3c(c2F)CCC2(CC3)OCCO2)S(=O)N1. The normalized spacial score (nSPS) is 25.0. The Morgan fingerprint density at radius 3 is 2.64 bits per heavy atom. The molecular formula is C15H16F2N2O5S. The Morgan fingerprint density at radius 1 is 1.28 bits per heavy atom. The molecular weight excluding hydrogens is 358 g/mol. The topological polar surface area (TPSA) is 77.1 Å². The highest BCUT2D eigenvalue weighted by molar-refractivity contribution is 7.85. The van der Waals surface area contributed by atoms with Crippen molar-refractivity contribution in [3.05, 3.63) is 23.0 Å². The van der Waals surface area contributed by atoms with Crippen LogP contribution in [0.3, 0.4) is 0 Å². The maximum Gasteiger partial charge on any atom is 0.253 e. The highest BCUT2D eigenvalue weighted by Crippen LogP contribution is 2.42. The quantitative estimate of drug-likeness (QED) is 0.843. The molecule has 0 aromatic heterocycles. The van der Waals surface area contributed by atoms with Crippen molar-refractivity contribution in [2.24, 2.45) is 0 Å². The molecule has 1 unspecified atom stereocenters. The molecule has 3 aliphatic rings. The van der Waals surface area contributed by atoms with Crippen molar-refractivity contribution in [1.29, 1.82) is 0 Å². The van der Waals surface area contributed by atoms with Gasteiger partial charge >= 0.3 is 0 Å². The molecule has 4 rings (SSSR count). The largest absolute Gasteiger partial charge is 0.348 e. The van der Waals surface area contributed by atoms with Crippen LogP contribution in [0.5, 0.6) is 5.75 Å². The Labute approximate surface area is 144 Å². The first-order valence-electron chi connectivity index (χ1n) is 7.93. The standard InChI is InChI=1S/C15H16F2N2O5S/c16-13-10-2-4-15(22-5-6-23-15)3-1-9(10)7-11(24-17)14(13)19-8-12(20)18-25(19)21/h7H,1-6,8H2,(H,18,20). The van der Waals surface area contributed by atoms with Gasteiger partial charge in [0.2, 0.25) is 11.2 Å². The molecule has 25 heavy (non-hydrogen) atoms. The van der Waals surface area contributed by atoms with Crippen molar-refractivity contribution < 1.29 is 32.3 Å². The van der Waals surface area contributed by atoms with Gasteiger partial charge in [0.1, 0.15) is 12.2 Å². The first-order chi connectivity index (χ1) is 12.0.